The molecule has 1 aliphatic heterocycles. The smallest absolute Gasteiger partial charge is 0.191 e. The van der Waals surface area contributed by atoms with E-state index in [-0.39, 0.29) is 24.0 Å². The third-order valence-electron chi connectivity index (χ3n) is 3.22. The van der Waals surface area contributed by atoms with Crippen molar-refractivity contribution in [1.82, 2.24) is 15.5 Å². The summed E-state index contributed by atoms with van der Waals surface area (Å²) >= 11 is 0. The Bertz CT molecular complexity index is 240. The van der Waals surface area contributed by atoms with Gasteiger partial charge in [0.2, 0.25) is 0 Å². The van der Waals surface area contributed by atoms with E-state index >= 15 is 0 Å². The van der Waals surface area contributed by atoms with E-state index in [9.17, 15) is 0 Å². The van der Waals surface area contributed by atoms with Gasteiger partial charge in [-0.25, -0.2) is 0 Å². The maximum Gasteiger partial charge on any atom is 0.191 e. The van der Waals surface area contributed by atoms with Crippen molar-refractivity contribution in [1.29, 1.82) is 0 Å². The van der Waals surface area contributed by atoms with Crippen molar-refractivity contribution in [3.63, 3.8) is 0 Å². The molecule has 0 aliphatic carbocycles. The summed E-state index contributed by atoms with van der Waals surface area (Å²) in [5, 5.41) is 6.64. The molecule has 114 valence electrons. The van der Waals surface area contributed by atoms with Crippen LogP contribution in [0.4, 0.5) is 0 Å². The van der Waals surface area contributed by atoms with Crippen LogP contribution in [0, 0.1) is 5.92 Å². The molecule has 1 heterocycles. The van der Waals surface area contributed by atoms with Gasteiger partial charge in [-0.05, 0) is 45.2 Å². The fourth-order valence-electron chi connectivity index (χ4n) is 2.30. The van der Waals surface area contributed by atoms with Crippen LogP contribution in [-0.2, 0) is 0 Å². The number of rotatable bonds is 7. The summed E-state index contributed by atoms with van der Waals surface area (Å²) in [5.74, 6) is 1.60. The van der Waals surface area contributed by atoms with Crippen LogP contribution in [0.25, 0.3) is 0 Å². The first kappa shape index (κ1) is 19.0. The number of halogens is 1. The quantitative estimate of drug-likeness (QED) is 0.403. The molecule has 0 bridgehead atoms. The van der Waals surface area contributed by atoms with Gasteiger partial charge in [-0.1, -0.05) is 13.8 Å². The molecular formula is C14H31IN4. The zero-order valence-electron chi connectivity index (χ0n) is 12.7. The highest BCUT2D eigenvalue weighted by atomic mass is 127. The number of nitrogens with one attached hydrogen (secondary N) is 2. The van der Waals surface area contributed by atoms with E-state index in [0.717, 1.165) is 32.0 Å². The van der Waals surface area contributed by atoms with Crippen LogP contribution >= 0.6 is 24.0 Å². The van der Waals surface area contributed by atoms with Crippen LogP contribution in [0.1, 0.15) is 40.0 Å². The van der Waals surface area contributed by atoms with Gasteiger partial charge in [0, 0.05) is 26.2 Å². The summed E-state index contributed by atoms with van der Waals surface area (Å²) < 4.78 is 0. The highest BCUT2D eigenvalue weighted by Gasteiger charge is 2.14. The standard InChI is InChI=1S/C14H30N4.HI/c1-4-8-16-14(15-5-2)17-11-13(3)12-18-9-6-7-10-18;/h13H,4-12H2,1-3H3,(H2,15,16,17);1H. The summed E-state index contributed by atoms with van der Waals surface area (Å²) in [6.07, 6.45) is 3.88. The van der Waals surface area contributed by atoms with Gasteiger partial charge in [0.1, 0.15) is 0 Å². The molecule has 0 saturated carbocycles. The van der Waals surface area contributed by atoms with E-state index in [4.69, 9.17) is 0 Å². The molecule has 1 atom stereocenters. The molecule has 5 heteroatoms. The van der Waals surface area contributed by atoms with Crippen molar-refractivity contribution in [3.05, 3.63) is 0 Å². The molecule has 19 heavy (non-hydrogen) atoms. The Balaban J connectivity index is 0.00000324. The molecule has 0 aromatic rings. The number of hydrogen-bond donors (Lipinski definition) is 2. The Morgan fingerprint density at radius 3 is 2.47 bits per heavy atom. The minimum atomic E-state index is 0. The van der Waals surface area contributed by atoms with Crippen LogP contribution in [0.5, 0.6) is 0 Å². The van der Waals surface area contributed by atoms with E-state index in [0.29, 0.717) is 5.92 Å². The largest absolute Gasteiger partial charge is 0.357 e. The second-order valence-corrected chi connectivity index (χ2v) is 5.26. The summed E-state index contributed by atoms with van der Waals surface area (Å²) in [4.78, 5) is 7.22. The van der Waals surface area contributed by atoms with Crippen molar-refractivity contribution in [3.8, 4) is 0 Å². The minimum Gasteiger partial charge on any atom is -0.357 e. The number of aliphatic imine (C=N–C) groups is 1. The summed E-state index contributed by atoms with van der Waals surface area (Å²) in [5.41, 5.74) is 0. The lowest BCUT2D eigenvalue weighted by atomic mass is 10.2. The summed E-state index contributed by atoms with van der Waals surface area (Å²) in [7, 11) is 0. The predicted molar refractivity (Wildman–Crippen MR) is 94.5 cm³/mol. The lowest BCUT2D eigenvalue weighted by molar-refractivity contribution is 0.291. The molecule has 1 fully saturated rings. The Kier molecular flexibility index (Phi) is 11.7. The fraction of sp³-hybridized carbons (Fsp3) is 0.929. The van der Waals surface area contributed by atoms with Crippen LogP contribution in [0.3, 0.4) is 0 Å². The SMILES string of the molecule is CCCNC(=NCC(C)CN1CCCC1)NCC.I. The van der Waals surface area contributed by atoms with Crippen molar-refractivity contribution in [2.24, 2.45) is 10.9 Å². The van der Waals surface area contributed by atoms with E-state index < -0.39 is 0 Å². The molecule has 2 N–H and O–H groups in total. The fourth-order valence-corrected chi connectivity index (χ4v) is 2.30. The van der Waals surface area contributed by atoms with Crippen molar-refractivity contribution >= 4 is 29.9 Å². The molecule has 0 spiro atoms. The maximum atomic E-state index is 4.66. The lowest BCUT2D eigenvalue weighted by Crippen LogP contribution is -2.38. The second-order valence-electron chi connectivity index (χ2n) is 5.26. The Morgan fingerprint density at radius 1 is 1.21 bits per heavy atom. The van der Waals surface area contributed by atoms with Crippen LogP contribution in [-0.4, -0.2) is 50.1 Å². The molecule has 1 rings (SSSR count). The molecular weight excluding hydrogens is 351 g/mol. The van der Waals surface area contributed by atoms with Crippen LogP contribution < -0.4 is 10.6 Å². The number of nitrogens with zero attached hydrogens (tertiary/aromatic N) is 2. The molecule has 0 amide bonds. The normalized spacial score (nSPS) is 17.9. The number of hydrogen-bond acceptors (Lipinski definition) is 2. The molecule has 0 aromatic carbocycles. The Hall–Kier alpha value is -0.0400. The van der Waals surface area contributed by atoms with Crippen LogP contribution in [0.15, 0.2) is 4.99 Å². The van der Waals surface area contributed by atoms with Gasteiger partial charge in [-0.2, -0.15) is 0 Å². The van der Waals surface area contributed by atoms with E-state index in [1.807, 2.05) is 0 Å². The van der Waals surface area contributed by atoms with E-state index in [1.54, 1.807) is 0 Å². The second kappa shape index (κ2) is 11.8. The monoisotopic (exact) mass is 382 g/mol. The first-order valence-electron chi connectivity index (χ1n) is 7.50. The van der Waals surface area contributed by atoms with Crippen molar-refractivity contribution < 1.29 is 0 Å². The molecule has 1 aliphatic rings. The first-order valence-corrected chi connectivity index (χ1v) is 7.50. The zero-order valence-corrected chi connectivity index (χ0v) is 15.1. The van der Waals surface area contributed by atoms with Crippen molar-refractivity contribution in [2.45, 2.75) is 40.0 Å². The first-order chi connectivity index (χ1) is 8.76. The van der Waals surface area contributed by atoms with Gasteiger partial charge in [0.15, 0.2) is 5.96 Å². The zero-order chi connectivity index (χ0) is 13.2. The van der Waals surface area contributed by atoms with Gasteiger partial charge in [0.25, 0.3) is 0 Å². The lowest BCUT2D eigenvalue weighted by Gasteiger charge is -2.19. The van der Waals surface area contributed by atoms with Gasteiger partial charge in [-0.15, -0.1) is 24.0 Å². The van der Waals surface area contributed by atoms with E-state index in [2.05, 4.69) is 41.3 Å². The van der Waals surface area contributed by atoms with Gasteiger partial charge < -0.3 is 15.5 Å². The molecule has 1 saturated heterocycles. The van der Waals surface area contributed by atoms with Gasteiger partial charge in [-0.3, -0.25) is 4.99 Å². The highest BCUT2D eigenvalue weighted by Crippen LogP contribution is 2.10. The highest BCUT2D eigenvalue weighted by molar-refractivity contribution is 14.0. The Labute approximate surface area is 135 Å². The molecule has 0 radical (unpaired) electrons. The number of likely N-dealkylation sites (tertiary alicyclic amines) is 1. The average molecular weight is 382 g/mol. The molecule has 1 unspecified atom stereocenters. The molecule has 4 nitrogen and oxygen atoms in total. The minimum absolute atomic E-state index is 0. The maximum absolute atomic E-state index is 4.66. The Morgan fingerprint density at radius 2 is 1.89 bits per heavy atom. The van der Waals surface area contributed by atoms with Crippen LogP contribution in [0.2, 0.25) is 0 Å². The third kappa shape index (κ3) is 8.68. The topological polar surface area (TPSA) is 39.7 Å². The summed E-state index contributed by atoms with van der Waals surface area (Å²) in [6, 6.07) is 0. The summed E-state index contributed by atoms with van der Waals surface area (Å²) in [6.45, 7) is 13.2. The number of guanidine groups is 1. The van der Waals surface area contributed by atoms with Gasteiger partial charge in [0.05, 0.1) is 0 Å². The van der Waals surface area contributed by atoms with E-state index in [1.165, 1.54) is 32.5 Å². The molecule has 0 aromatic heterocycles. The van der Waals surface area contributed by atoms with Gasteiger partial charge >= 0.3 is 0 Å². The predicted octanol–water partition coefficient (Wildman–Crippen LogP) is 2.30. The average Bonchev–Trinajstić information content (AvgIpc) is 2.85. The van der Waals surface area contributed by atoms with Crippen molar-refractivity contribution in [2.75, 3.05) is 39.3 Å². The third-order valence-corrected chi connectivity index (χ3v) is 3.22.